The van der Waals surface area contributed by atoms with Gasteiger partial charge < -0.3 is 9.80 Å². The summed E-state index contributed by atoms with van der Waals surface area (Å²) in [5, 5.41) is 4.83. The molecule has 2 heteroatoms. The Morgan fingerprint density at radius 2 is 1.02 bits per heavy atom. The Balaban J connectivity index is 1.51. The van der Waals surface area contributed by atoms with Gasteiger partial charge in [-0.2, -0.15) is 0 Å². The van der Waals surface area contributed by atoms with Crippen LogP contribution in [0.4, 0.5) is 34.1 Å². The lowest BCUT2D eigenvalue weighted by Gasteiger charge is -2.31. The molecule has 47 heavy (non-hydrogen) atoms. The molecule has 0 aliphatic carbocycles. The smallest absolute Gasteiger partial charge is 0.0567 e. The molecule has 0 N–H and O–H groups in total. The highest BCUT2D eigenvalue weighted by Crippen LogP contribution is 2.46. The lowest BCUT2D eigenvalue weighted by Crippen LogP contribution is -2.14. The van der Waals surface area contributed by atoms with Crippen molar-refractivity contribution in [3.8, 4) is 0 Å². The molecule has 0 bridgehead atoms. The summed E-state index contributed by atoms with van der Waals surface area (Å²) in [6.45, 7) is 5.93. The molecule has 0 aliphatic heterocycles. The minimum absolute atomic E-state index is 1.09. The van der Waals surface area contributed by atoms with Gasteiger partial charge in [-0.3, -0.25) is 0 Å². The van der Waals surface area contributed by atoms with Crippen LogP contribution in [-0.2, 0) is 0 Å². The third-order valence-corrected chi connectivity index (χ3v) is 8.52. The van der Waals surface area contributed by atoms with Crippen LogP contribution in [0.15, 0.2) is 195 Å². The van der Waals surface area contributed by atoms with E-state index in [0.717, 1.165) is 34.1 Å². The number of fused-ring (bicyclic) bond motifs is 3. The van der Waals surface area contributed by atoms with E-state index in [2.05, 4.69) is 193 Å². The molecule has 0 heterocycles. The molecule has 0 saturated heterocycles. The summed E-state index contributed by atoms with van der Waals surface area (Å²) in [5.74, 6) is 0. The first-order valence-corrected chi connectivity index (χ1v) is 16.0. The third kappa shape index (κ3) is 6.10. The predicted octanol–water partition coefficient (Wildman–Crippen LogP) is 13.1. The number of hydrogen-bond donors (Lipinski definition) is 0. The minimum Gasteiger partial charge on any atom is -0.310 e. The quantitative estimate of drug-likeness (QED) is 0.119. The zero-order valence-corrected chi connectivity index (χ0v) is 26.5. The van der Waals surface area contributed by atoms with Crippen molar-refractivity contribution in [1.82, 2.24) is 0 Å². The van der Waals surface area contributed by atoms with Crippen LogP contribution < -0.4 is 9.80 Å². The lowest BCUT2D eigenvalue weighted by atomic mass is 9.97. The van der Waals surface area contributed by atoms with E-state index in [9.17, 15) is 0 Å². The van der Waals surface area contributed by atoms with Crippen molar-refractivity contribution in [3.05, 3.63) is 200 Å². The molecule has 7 aromatic carbocycles. The summed E-state index contributed by atoms with van der Waals surface area (Å²) in [5.41, 5.74) is 8.98. The van der Waals surface area contributed by atoms with Crippen molar-refractivity contribution < 1.29 is 0 Å². The first-order chi connectivity index (χ1) is 23.2. The van der Waals surface area contributed by atoms with Crippen LogP contribution >= 0.6 is 0 Å². The highest BCUT2D eigenvalue weighted by molar-refractivity contribution is 6.16. The number of para-hydroxylation sites is 3. The Labute approximate surface area is 277 Å². The van der Waals surface area contributed by atoms with Crippen LogP contribution in [0.1, 0.15) is 12.5 Å². The lowest BCUT2D eigenvalue weighted by molar-refractivity contribution is 1.26. The zero-order valence-electron chi connectivity index (χ0n) is 26.5. The van der Waals surface area contributed by atoms with E-state index in [4.69, 9.17) is 0 Å². The summed E-state index contributed by atoms with van der Waals surface area (Å²) in [6.07, 6.45) is 7.89. The van der Waals surface area contributed by atoms with Gasteiger partial charge in [-0.1, -0.05) is 134 Å². The molecule has 0 atom stereocenters. The van der Waals surface area contributed by atoms with Crippen LogP contribution in [0.3, 0.4) is 0 Å². The maximum absolute atomic E-state index is 3.79. The van der Waals surface area contributed by atoms with Crippen molar-refractivity contribution in [2.75, 3.05) is 9.80 Å². The van der Waals surface area contributed by atoms with E-state index in [1.807, 2.05) is 12.2 Å². The van der Waals surface area contributed by atoms with Gasteiger partial charge in [0.15, 0.2) is 0 Å². The Kier molecular flexibility index (Phi) is 8.48. The number of nitrogens with zero attached hydrogens (tertiary/aromatic N) is 2. The molecule has 0 radical (unpaired) electrons. The Bertz CT molecular complexity index is 2160. The maximum atomic E-state index is 3.79. The predicted molar refractivity (Wildman–Crippen MR) is 204 cm³/mol. The summed E-state index contributed by atoms with van der Waals surface area (Å²) >= 11 is 0. The molecule has 7 aromatic rings. The Morgan fingerprint density at radius 3 is 1.64 bits per heavy atom. The van der Waals surface area contributed by atoms with E-state index in [-0.39, 0.29) is 0 Å². The van der Waals surface area contributed by atoms with Gasteiger partial charge in [0.05, 0.1) is 5.69 Å². The largest absolute Gasteiger partial charge is 0.310 e. The fraction of sp³-hybridized carbons (Fsp3) is 0.0222. The summed E-state index contributed by atoms with van der Waals surface area (Å²) < 4.78 is 0. The number of hydrogen-bond acceptors (Lipinski definition) is 2. The number of benzene rings is 7. The van der Waals surface area contributed by atoms with Crippen LogP contribution in [0.2, 0.25) is 0 Å². The van der Waals surface area contributed by atoms with Crippen molar-refractivity contribution in [3.63, 3.8) is 0 Å². The van der Waals surface area contributed by atoms with Gasteiger partial charge in [0, 0.05) is 33.8 Å². The van der Waals surface area contributed by atoms with E-state index >= 15 is 0 Å². The molecule has 2 nitrogen and oxygen atoms in total. The molecule has 0 aromatic heterocycles. The summed E-state index contributed by atoms with van der Waals surface area (Å²) in [4.78, 5) is 4.74. The van der Waals surface area contributed by atoms with E-state index in [0.29, 0.717) is 0 Å². The van der Waals surface area contributed by atoms with Crippen molar-refractivity contribution in [2.45, 2.75) is 6.92 Å². The van der Waals surface area contributed by atoms with Crippen molar-refractivity contribution in [1.29, 1.82) is 0 Å². The van der Waals surface area contributed by atoms with E-state index in [1.165, 1.54) is 32.7 Å². The first kappa shape index (κ1) is 29.6. The fourth-order valence-electron chi connectivity index (χ4n) is 6.27. The normalized spacial score (nSPS) is 11.6. The molecule has 0 unspecified atom stereocenters. The Hall–Kier alpha value is -6.12. The van der Waals surface area contributed by atoms with Crippen LogP contribution in [-0.4, -0.2) is 0 Å². The highest BCUT2D eigenvalue weighted by atomic mass is 15.2. The number of anilines is 6. The van der Waals surface area contributed by atoms with Crippen LogP contribution in [0, 0.1) is 0 Å². The standard InChI is InChI=1S/C45H36N2/c1-3-4-8-17-34(2)35-28-30-41(31-29-35)47(40-23-13-7-14-24-40)44-33-42(32-37-27-26-36-18-15-16-25-43(36)45(37)44)46(38-19-9-5-10-20-38)39-21-11-6-12-22-39/h3-33H,1H2,2H3/b8-4-,34-17+. The van der Waals surface area contributed by atoms with E-state index < -0.39 is 0 Å². The topological polar surface area (TPSA) is 6.48 Å². The second kappa shape index (κ2) is 13.5. The molecular weight excluding hydrogens is 569 g/mol. The first-order valence-electron chi connectivity index (χ1n) is 16.0. The van der Waals surface area contributed by atoms with Gasteiger partial charge in [-0.25, -0.2) is 0 Å². The molecular formula is C45H36N2. The highest BCUT2D eigenvalue weighted by Gasteiger charge is 2.21. The molecule has 0 aliphatic rings. The van der Waals surface area contributed by atoms with Crippen LogP contribution in [0.5, 0.6) is 0 Å². The molecule has 0 amide bonds. The zero-order chi connectivity index (χ0) is 32.0. The third-order valence-electron chi connectivity index (χ3n) is 8.52. The number of rotatable bonds is 9. The number of allylic oxidation sites excluding steroid dienone is 5. The monoisotopic (exact) mass is 604 g/mol. The minimum atomic E-state index is 1.09. The van der Waals surface area contributed by atoms with E-state index in [1.54, 1.807) is 6.08 Å². The van der Waals surface area contributed by atoms with Crippen molar-refractivity contribution >= 4 is 61.2 Å². The molecule has 7 rings (SSSR count). The Morgan fingerprint density at radius 1 is 0.489 bits per heavy atom. The fourth-order valence-corrected chi connectivity index (χ4v) is 6.27. The van der Waals surface area contributed by atoms with Gasteiger partial charge in [-0.05, 0) is 94.9 Å². The second-order valence-corrected chi connectivity index (χ2v) is 11.5. The SMILES string of the molecule is C=C/C=C\C=C(/C)c1ccc(N(c2ccccc2)c2cc(N(c3ccccc3)c3ccccc3)cc3ccc4ccccc4c23)cc1. The van der Waals surface area contributed by atoms with Crippen LogP contribution in [0.25, 0.3) is 27.1 Å². The van der Waals surface area contributed by atoms with Gasteiger partial charge in [0.25, 0.3) is 0 Å². The second-order valence-electron chi connectivity index (χ2n) is 11.5. The van der Waals surface area contributed by atoms with Gasteiger partial charge in [0.1, 0.15) is 0 Å². The molecule has 226 valence electrons. The molecule has 0 saturated carbocycles. The average molecular weight is 605 g/mol. The summed E-state index contributed by atoms with van der Waals surface area (Å²) in [7, 11) is 0. The summed E-state index contributed by atoms with van der Waals surface area (Å²) in [6, 6.07) is 58.6. The van der Waals surface area contributed by atoms with Gasteiger partial charge in [-0.15, -0.1) is 0 Å². The molecule has 0 fully saturated rings. The van der Waals surface area contributed by atoms with Crippen molar-refractivity contribution in [2.24, 2.45) is 0 Å². The van der Waals surface area contributed by atoms with Gasteiger partial charge >= 0.3 is 0 Å². The average Bonchev–Trinajstić information content (AvgIpc) is 3.13. The van der Waals surface area contributed by atoms with Gasteiger partial charge in [0.2, 0.25) is 0 Å². The molecule has 0 spiro atoms. The maximum Gasteiger partial charge on any atom is 0.0567 e.